The lowest BCUT2D eigenvalue weighted by molar-refractivity contribution is -0.137. The van der Waals surface area contributed by atoms with E-state index in [0.29, 0.717) is 12.1 Å². The molecule has 4 nitrogen and oxygen atoms in total. The minimum absolute atomic E-state index is 0.151. The monoisotopic (exact) mass is 263 g/mol. The second-order valence-corrected chi connectivity index (χ2v) is 5.90. The van der Waals surface area contributed by atoms with Gasteiger partial charge in [0.15, 0.2) is 0 Å². The van der Waals surface area contributed by atoms with Crippen LogP contribution in [0.2, 0.25) is 0 Å². The predicted molar refractivity (Wildman–Crippen MR) is 74.4 cm³/mol. The van der Waals surface area contributed by atoms with Gasteiger partial charge in [-0.2, -0.15) is 5.26 Å². The Bertz CT molecular complexity index is 342. The van der Waals surface area contributed by atoms with E-state index in [9.17, 15) is 4.79 Å². The molecule has 106 valence electrons. The van der Waals surface area contributed by atoms with Crippen molar-refractivity contribution in [1.29, 1.82) is 5.26 Å². The third-order valence-corrected chi connectivity index (χ3v) is 4.49. The summed E-state index contributed by atoms with van der Waals surface area (Å²) in [5, 5.41) is 12.1. The van der Waals surface area contributed by atoms with Gasteiger partial charge in [-0.15, -0.1) is 0 Å². The highest BCUT2D eigenvalue weighted by atomic mass is 16.2. The molecule has 1 saturated heterocycles. The second kappa shape index (κ2) is 6.91. The molecule has 0 aromatic rings. The van der Waals surface area contributed by atoms with Crippen LogP contribution in [-0.2, 0) is 4.79 Å². The fraction of sp³-hybridized carbons (Fsp3) is 0.867. The zero-order valence-corrected chi connectivity index (χ0v) is 11.9. The molecule has 4 heteroatoms. The third kappa shape index (κ3) is 3.48. The predicted octanol–water partition coefficient (Wildman–Crippen LogP) is 2.20. The van der Waals surface area contributed by atoms with Gasteiger partial charge in [0.2, 0.25) is 5.91 Å². The quantitative estimate of drug-likeness (QED) is 0.777. The number of hydrogen-bond acceptors (Lipinski definition) is 3. The average molecular weight is 263 g/mol. The van der Waals surface area contributed by atoms with Gasteiger partial charge in [0.1, 0.15) is 0 Å². The number of hydrogen-bond donors (Lipinski definition) is 1. The van der Waals surface area contributed by atoms with Crippen LogP contribution in [-0.4, -0.2) is 35.5 Å². The molecule has 2 unspecified atom stereocenters. The van der Waals surface area contributed by atoms with Crippen LogP contribution in [0.1, 0.15) is 58.3 Å². The van der Waals surface area contributed by atoms with Crippen molar-refractivity contribution in [1.82, 2.24) is 10.2 Å². The Morgan fingerprint density at radius 2 is 1.95 bits per heavy atom. The van der Waals surface area contributed by atoms with Gasteiger partial charge in [-0.3, -0.25) is 4.79 Å². The van der Waals surface area contributed by atoms with Gasteiger partial charge in [0, 0.05) is 12.1 Å². The van der Waals surface area contributed by atoms with Crippen molar-refractivity contribution in [3.63, 3.8) is 0 Å². The molecule has 0 spiro atoms. The number of rotatable bonds is 2. The van der Waals surface area contributed by atoms with Crippen LogP contribution in [0.4, 0.5) is 0 Å². The number of nitriles is 1. The molecule has 0 bridgehead atoms. The van der Waals surface area contributed by atoms with Crippen molar-refractivity contribution in [3.8, 4) is 6.07 Å². The van der Waals surface area contributed by atoms with E-state index >= 15 is 0 Å². The van der Waals surface area contributed by atoms with E-state index in [1.54, 1.807) is 0 Å². The number of carbonyl (C=O) groups excluding carboxylic acids is 1. The van der Waals surface area contributed by atoms with Gasteiger partial charge in [-0.25, -0.2) is 0 Å². The summed E-state index contributed by atoms with van der Waals surface area (Å²) in [4.78, 5) is 14.8. The lowest BCUT2D eigenvalue weighted by Crippen LogP contribution is -2.50. The maximum atomic E-state index is 12.7. The molecule has 0 aromatic heterocycles. The molecule has 19 heavy (non-hydrogen) atoms. The van der Waals surface area contributed by atoms with E-state index < -0.39 is 0 Å². The van der Waals surface area contributed by atoms with Gasteiger partial charge in [0.25, 0.3) is 0 Å². The summed E-state index contributed by atoms with van der Waals surface area (Å²) in [7, 11) is 0. The first-order valence-electron chi connectivity index (χ1n) is 7.66. The van der Waals surface area contributed by atoms with Crippen molar-refractivity contribution in [2.75, 3.05) is 6.54 Å². The topological polar surface area (TPSA) is 56.1 Å². The Labute approximate surface area is 116 Å². The van der Waals surface area contributed by atoms with Crippen LogP contribution in [0.25, 0.3) is 0 Å². The molecular formula is C15H25N3O. The number of nitrogens with zero attached hydrogens (tertiary/aromatic N) is 2. The Hall–Kier alpha value is -1.08. The maximum Gasteiger partial charge on any atom is 0.241 e. The fourth-order valence-electron chi connectivity index (χ4n) is 3.42. The number of carbonyl (C=O) groups is 1. The van der Waals surface area contributed by atoms with Gasteiger partial charge < -0.3 is 10.2 Å². The van der Waals surface area contributed by atoms with E-state index in [4.69, 9.17) is 5.26 Å². The zero-order chi connectivity index (χ0) is 13.7. The number of amides is 1. The summed E-state index contributed by atoms with van der Waals surface area (Å²) < 4.78 is 0. The molecule has 0 aromatic carbocycles. The Morgan fingerprint density at radius 1 is 1.26 bits per heavy atom. The summed E-state index contributed by atoms with van der Waals surface area (Å²) >= 11 is 0. The van der Waals surface area contributed by atoms with E-state index in [2.05, 4.69) is 23.2 Å². The molecule has 2 atom stereocenters. The SMILES string of the molecule is CC1CCNC(CC#N)C(=O)N1C1CCCCCC1. The molecule has 1 amide bonds. The van der Waals surface area contributed by atoms with Crippen LogP contribution in [0, 0.1) is 11.3 Å². The summed E-state index contributed by atoms with van der Waals surface area (Å²) in [6.45, 7) is 2.99. The minimum atomic E-state index is -0.293. The summed E-state index contributed by atoms with van der Waals surface area (Å²) in [5.41, 5.74) is 0. The van der Waals surface area contributed by atoms with Gasteiger partial charge in [-0.05, 0) is 32.7 Å². The lowest BCUT2D eigenvalue weighted by Gasteiger charge is -2.36. The molecule has 1 saturated carbocycles. The van der Waals surface area contributed by atoms with Crippen molar-refractivity contribution in [2.24, 2.45) is 0 Å². The molecule has 2 fully saturated rings. The van der Waals surface area contributed by atoms with Crippen molar-refractivity contribution in [3.05, 3.63) is 0 Å². The molecule has 2 rings (SSSR count). The van der Waals surface area contributed by atoms with Gasteiger partial charge in [-0.1, -0.05) is 25.7 Å². The van der Waals surface area contributed by atoms with E-state index in [0.717, 1.165) is 25.8 Å². The highest BCUT2D eigenvalue weighted by molar-refractivity contribution is 5.83. The van der Waals surface area contributed by atoms with E-state index in [1.165, 1.54) is 25.7 Å². The zero-order valence-electron chi connectivity index (χ0n) is 11.9. The Morgan fingerprint density at radius 3 is 2.58 bits per heavy atom. The fourth-order valence-corrected chi connectivity index (χ4v) is 3.42. The molecule has 2 aliphatic rings. The summed E-state index contributed by atoms with van der Waals surface area (Å²) in [6, 6.07) is 2.54. The first kappa shape index (κ1) is 14.3. The first-order chi connectivity index (χ1) is 9.24. The summed E-state index contributed by atoms with van der Waals surface area (Å²) in [5.74, 6) is 0.151. The van der Waals surface area contributed by atoms with Crippen LogP contribution in [0.5, 0.6) is 0 Å². The van der Waals surface area contributed by atoms with Crippen LogP contribution in [0.15, 0.2) is 0 Å². The molecule has 1 aliphatic carbocycles. The normalized spacial score (nSPS) is 30.5. The number of nitrogens with one attached hydrogen (secondary N) is 1. The van der Waals surface area contributed by atoms with Crippen LogP contribution in [0.3, 0.4) is 0 Å². The van der Waals surface area contributed by atoms with Crippen molar-refractivity contribution < 1.29 is 4.79 Å². The largest absolute Gasteiger partial charge is 0.336 e. The minimum Gasteiger partial charge on any atom is -0.336 e. The van der Waals surface area contributed by atoms with Crippen LogP contribution < -0.4 is 5.32 Å². The first-order valence-corrected chi connectivity index (χ1v) is 7.66. The average Bonchev–Trinajstić information content (AvgIpc) is 2.72. The maximum absolute atomic E-state index is 12.7. The molecule has 1 aliphatic heterocycles. The highest BCUT2D eigenvalue weighted by Crippen LogP contribution is 2.26. The van der Waals surface area contributed by atoms with Crippen molar-refractivity contribution >= 4 is 5.91 Å². The van der Waals surface area contributed by atoms with Gasteiger partial charge >= 0.3 is 0 Å². The molecule has 1 heterocycles. The lowest BCUT2D eigenvalue weighted by atomic mass is 10.0. The van der Waals surface area contributed by atoms with Gasteiger partial charge in [0.05, 0.1) is 18.5 Å². The highest BCUT2D eigenvalue weighted by Gasteiger charge is 2.34. The molecule has 1 N–H and O–H groups in total. The molecule has 0 radical (unpaired) electrons. The molecular weight excluding hydrogens is 238 g/mol. The standard InChI is InChI=1S/C15H25N3O/c1-12-9-11-17-14(8-10-16)15(19)18(12)13-6-4-2-3-5-7-13/h12-14,17H,2-9,11H2,1H3. The van der Waals surface area contributed by atoms with E-state index in [1.807, 2.05) is 0 Å². The smallest absolute Gasteiger partial charge is 0.241 e. The third-order valence-electron chi connectivity index (χ3n) is 4.49. The second-order valence-electron chi connectivity index (χ2n) is 5.90. The van der Waals surface area contributed by atoms with E-state index in [-0.39, 0.29) is 18.4 Å². The van der Waals surface area contributed by atoms with Crippen molar-refractivity contribution in [2.45, 2.75) is 76.4 Å². The Kier molecular flexibility index (Phi) is 5.21. The Balaban J connectivity index is 2.13. The van der Waals surface area contributed by atoms with Crippen LogP contribution >= 0.6 is 0 Å². The summed E-state index contributed by atoms with van der Waals surface area (Å²) in [6.07, 6.45) is 8.61.